The van der Waals surface area contributed by atoms with Crippen LogP contribution in [0.25, 0.3) is 5.57 Å². The van der Waals surface area contributed by atoms with Crippen LogP contribution in [0, 0.1) is 18.2 Å². The van der Waals surface area contributed by atoms with Gasteiger partial charge in [0.05, 0.1) is 11.4 Å². The molecule has 1 heterocycles. The van der Waals surface area contributed by atoms with Crippen molar-refractivity contribution < 1.29 is 9.50 Å². The Balaban J connectivity index is 2.16. The number of aliphatic hydroxyl groups is 1. The van der Waals surface area contributed by atoms with Crippen molar-refractivity contribution in [2.75, 3.05) is 0 Å². The van der Waals surface area contributed by atoms with E-state index >= 15 is 0 Å². The van der Waals surface area contributed by atoms with Crippen molar-refractivity contribution in [3.63, 3.8) is 0 Å². The molecule has 1 aliphatic rings. The number of aromatic nitrogens is 1. The van der Waals surface area contributed by atoms with Gasteiger partial charge in [0.15, 0.2) is 0 Å². The highest BCUT2D eigenvalue weighted by molar-refractivity contribution is 5.73. The van der Waals surface area contributed by atoms with E-state index in [-0.39, 0.29) is 18.3 Å². The molecule has 1 atom stereocenters. The zero-order valence-corrected chi connectivity index (χ0v) is 12.7. The summed E-state index contributed by atoms with van der Waals surface area (Å²) < 4.78 is 13.9. The Morgan fingerprint density at radius 3 is 2.81 bits per heavy atom. The molecule has 0 amide bonds. The fraction of sp³-hybridized carbons (Fsp3) is 0.412. The summed E-state index contributed by atoms with van der Waals surface area (Å²) >= 11 is 0. The Kier molecular flexibility index (Phi) is 4.91. The molecule has 1 aromatic heterocycles. The molecular weight excluding hydrogens is 267 g/mol. The second-order valence-corrected chi connectivity index (χ2v) is 5.77. The zero-order chi connectivity index (χ0) is 15.5. The average molecular weight is 289 g/mol. The van der Waals surface area contributed by atoms with Crippen molar-refractivity contribution in [3.8, 4) is 0 Å². The van der Waals surface area contributed by atoms with Gasteiger partial charge in [-0.1, -0.05) is 32.1 Å². The van der Waals surface area contributed by atoms with Gasteiger partial charge in [0.25, 0.3) is 0 Å². The van der Waals surface area contributed by atoms with E-state index in [4.69, 9.17) is 0 Å². The first-order chi connectivity index (χ1) is 9.90. The highest BCUT2D eigenvalue weighted by Gasteiger charge is 2.24. The van der Waals surface area contributed by atoms with Crippen molar-refractivity contribution in [1.29, 1.82) is 0 Å². The Hall–Kier alpha value is -1.52. The highest BCUT2D eigenvalue weighted by Crippen LogP contribution is 2.21. The summed E-state index contributed by atoms with van der Waals surface area (Å²) in [5.41, 5.74) is 1.01. The Morgan fingerprint density at radius 2 is 2.19 bits per heavy atom. The number of nitrogens with zero attached hydrogens (tertiary/aromatic N) is 1. The number of hydrogen-bond donors (Lipinski definition) is 2. The van der Waals surface area contributed by atoms with E-state index in [9.17, 15) is 9.50 Å². The fourth-order valence-electron chi connectivity index (χ4n) is 1.94. The Labute approximate surface area is 125 Å². The minimum absolute atomic E-state index is 0.0169. The normalized spacial score (nSPS) is 17.7. The third-order valence-corrected chi connectivity index (χ3v) is 3.84. The molecule has 21 heavy (non-hydrogen) atoms. The number of rotatable bonds is 5. The summed E-state index contributed by atoms with van der Waals surface area (Å²) in [6.07, 6.45) is 8.91. The van der Waals surface area contributed by atoms with Crippen LogP contribution in [0.3, 0.4) is 0 Å². The largest absolute Gasteiger partial charge is 0.376 e. The van der Waals surface area contributed by atoms with Crippen LogP contribution in [0.1, 0.15) is 38.6 Å². The van der Waals surface area contributed by atoms with Gasteiger partial charge < -0.3 is 5.11 Å². The monoisotopic (exact) mass is 289 g/mol. The maximum atomic E-state index is 13.9. The SMILES string of the molecule is CC(C)[C@@](C)(O)NCc1nc(C2=CC[CH]C=C2)ccc1F. The van der Waals surface area contributed by atoms with Gasteiger partial charge in [-0.05, 0) is 43.4 Å². The maximum absolute atomic E-state index is 13.9. The maximum Gasteiger partial charge on any atom is 0.146 e. The van der Waals surface area contributed by atoms with Crippen LogP contribution < -0.4 is 5.32 Å². The molecule has 0 fully saturated rings. The molecule has 0 saturated carbocycles. The van der Waals surface area contributed by atoms with Crippen LogP contribution in [0.15, 0.2) is 30.4 Å². The first kappa shape index (κ1) is 15.9. The van der Waals surface area contributed by atoms with E-state index in [1.165, 1.54) is 6.07 Å². The number of halogens is 1. The van der Waals surface area contributed by atoms with E-state index in [0.29, 0.717) is 5.69 Å². The quantitative estimate of drug-likeness (QED) is 0.818. The lowest BCUT2D eigenvalue weighted by Gasteiger charge is -2.29. The van der Waals surface area contributed by atoms with Crippen molar-refractivity contribution in [2.45, 2.75) is 39.5 Å². The van der Waals surface area contributed by atoms with Crippen molar-refractivity contribution >= 4 is 5.57 Å². The van der Waals surface area contributed by atoms with Crippen molar-refractivity contribution in [3.05, 3.63) is 54.0 Å². The summed E-state index contributed by atoms with van der Waals surface area (Å²) in [5, 5.41) is 13.1. The van der Waals surface area contributed by atoms with Crippen LogP contribution in [0.5, 0.6) is 0 Å². The number of pyridine rings is 1. The molecule has 0 unspecified atom stereocenters. The second kappa shape index (κ2) is 6.50. The molecule has 0 aliphatic heterocycles. The van der Waals surface area contributed by atoms with Gasteiger partial charge in [-0.25, -0.2) is 9.37 Å². The Morgan fingerprint density at radius 1 is 1.43 bits per heavy atom. The molecule has 0 bridgehead atoms. The lowest BCUT2D eigenvalue weighted by atomic mass is 10.0. The van der Waals surface area contributed by atoms with Crippen LogP contribution >= 0.6 is 0 Å². The predicted molar refractivity (Wildman–Crippen MR) is 82.5 cm³/mol. The molecular formula is C17H22FN2O. The molecule has 2 rings (SSSR count). The van der Waals surface area contributed by atoms with E-state index in [2.05, 4.69) is 22.8 Å². The van der Waals surface area contributed by atoms with Crippen LogP contribution in [0.2, 0.25) is 0 Å². The number of hydrogen-bond acceptors (Lipinski definition) is 3. The number of nitrogens with one attached hydrogen (secondary N) is 1. The summed E-state index contributed by atoms with van der Waals surface area (Å²) in [4.78, 5) is 4.38. The van der Waals surface area contributed by atoms with Gasteiger partial charge in [0.2, 0.25) is 0 Å². The third-order valence-electron chi connectivity index (χ3n) is 3.84. The molecule has 2 N–H and O–H groups in total. The summed E-state index contributed by atoms with van der Waals surface area (Å²) in [6.45, 7) is 5.68. The van der Waals surface area contributed by atoms with Gasteiger partial charge in [-0.2, -0.15) is 0 Å². The van der Waals surface area contributed by atoms with Crippen LogP contribution in [-0.4, -0.2) is 15.8 Å². The van der Waals surface area contributed by atoms with Crippen molar-refractivity contribution in [1.82, 2.24) is 10.3 Å². The van der Waals surface area contributed by atoms with Gasteiger partial charge in [0, 0.05) is 6.54 Å². The summed E-state index contributed by atoms with van der Waals surface area (Å²) in [7, 11) is 0. The highest BCUT2D eigenvalue weighted by atomic mass is 19.1. The fourth-order valence-corrected chi connectivity index (χ4v) is 1.94. The van der Waals surface area contributed by atoms with Crippen LogP contribution in [-0.2, 0) is 6.54 Å². The molecule has 0 saturated heterocycles. The first-order valence-electron chi connectivity index (χ1n) is 7.23. The summed E-state index contributed by atoms with van der Waals surface area (Å²) in [6, 6.07) is 3.11. The molecule has 0 spiro atoms. The lowest BCUT2D eigenvalue weighted by molar-refractivity contribution is -0.0219. The van der Waals surface area contributed by atoms with Gasteiger partial charge in [-0.15, -0.1) is 0 Å². The lowest BCUT2D eigenvalue weighted by Crippen LogP contribution is -2.46. The molecule has 113 valence electrons. The van der Waals surface area contributed by atoms with Gasteiger partial charge in [-0.3, -0.25) is 5.32 Å². The molecule has 1 radical (unpaired) electrons. The topological polar surface area (TPSA) is 45.1 Å². The van der Waals surface area contributed by atoms with E-state index in [1.54, 1.807) is 13.0 Å². The minimum atomic E-state index is -1.05. The van der Waals surface area contributed by atoms with E-state index in [1.807, 2.05) is 26.0 Å². The van der Waals surface area contributed by atoms with Crippen LogP contribution in [0.4, 0.5) is 4.39 Å². The predicted octanol–water partition coefficient (Wildman–Crippen LogP) is 3.22. The molecule has 1 aromatic rings. The summed E-state index contributed by atoms with van der Waals surface area (Å²) in [5.74, 6) is -0.346. The van der Waals surface area contributed by atoms with E-state index < -0.39 is 5.72 Å². The molecule has 4 heteroatoms. The zero-order valence-electron chi connectivity index (χ0n) is 12.7. The second-order valence-electron chi connectivity index (χ2n) is 5.77. The average Bonchev–Trinajstić information content (AvgIpc) is 2.47. The smallest absolute Gasteiger partial charge is 0.146 e. The standard InChI is InChI=1S/C17H22FN2O/c1-12(2)17(3,21)19-11-16-14(18)9-10-15(20-16)13-7-5-4-6-8-13/h4-5,7-10,12,19,21H,6,11H2,1-3H3/t17-/m1/s1. The van der Waals surface area contributed by atoms with E-state index in [0.717, 1.165) is 17.7 Å². The van der Waals surface area contributed by atoms with Gasteiger partial charge in [0.1, 0.15) is 11.5 Å². The van der Waals surface area contributed by atoms with Gasteiger partial charge >= 0.3 is 0 Å². The van der Waals surface area contributed by atoms with Crippen molar-refractivity contribution in [2.24, 2.45) is 5.92 Å². The third kappa shape index (κ3) is 3.99. The molecule has 1 aliphatic carbocycles. The number of allylic oxidation sites excluding steroid dienone is 4. The minimum Gasteiger partial charge on any atom is -0.376 e. The molecule has 3 nitrogen and oxygen atoms in total. The molecule has 0 aromatic carbocycles. The Bertz CT molecular complexity index is 562. The first-order valence-corrected chi connectivity index (χ1v) is 7.23.